The van der Waals surface area contributed by atoms with Crippen molar-refractivity contribution < 1.29 is 36.6 Å². The molecule has 0 atom stereocenters. The summed E-state index contributed by atoms with van der Waals surface area (Å²) < 4.78 is 57.4. The number of alkyl halides is 3. The van der Waals surface area contributed by atoms with Crippen molar-refractivity contribution in [3.63, 3.8) is 0 Å². The molecule has 0 spiro atoms. The maximum absolute atomic E-state index is 12.8. The number of amides is 1. The van der Waals surface area contributed by atoms with E-state index in [4.69, 9.17) is 4.74 Å². The number of hydrogen-bond donors (Lipinski definition) is 1. The number of anilines is 1. The van der Waals surface area contributed by atoms with Gasteiger partial charge >= 0.3 is 12.3 Å². The third-order valence-corrected chi connectivity index (χ3v) is 3.00. The molecule has 0 aliphatic rings. The molecule has 0 saturated heterocycles. The topological polar surface area (TPSA) is 64.6 Å². The summed E-state index contributed by atoms with van der Waals surface area (Å²) in [6.45, 7) is -0.557. The van der Waals surface area contributed by atoms with Crippen LogP contribution in [-0.2, 0) is 14.3 Å². The fourth-order valence-electron chi connectivity index (χ4n) is 1.86. The molecule has 0 aromatic heterocycles. The molecular weight excluding hydrogens is 370 g/mol. The molecule has 5 nitrogen and oxygen atoms in total. The van der Waals surface area contributed by atoms with Gasteiger partial charge in [0.2, 0.25) is 0 Å². The first-order valence-electron chi connectivity index (χ1n) is 7.47. The van der Waals surface area contributed by atoms with Gasteiger partial charge in [0.25, 0.3) is 5.91 Å². The Bertz CT molecular complexity index is 815. The minimum absolute atomic E-state index is 0.342. The van der Waals surface area contributed by atoms with E-state index in [0.717, 1.165) is 30.3 Å². The number of carbonyl (C=O) groups is 2. The van der Waals surface area contributed by atoms with Crippen molar-refractivity contribution in [2.75, 3.05) is 11.9 Å². The minimum atomic E-state index is -4.78. The summed E-state index contributed by atoms with van der Waals surface area (Å²) in [5.41, 5.74) is 0.770. The highest BCUT2D eigenvalue weighted by Crippen LogP contribution is 2.22. The molecule has 0 saturated carbocycles. The summed E-state index contributed by atoms with van der Waals surface area (Å²) in [5.74, 6) is -2.28. The van der Waals surface area contributed by atoms with E-state index in [1.165, 1.54) is 30.3 Å². The molecule has 0 bridgehead atoms. The first kappa shape index (κ1) is 20.0. The lowest BCUT2D eigenvalue weighted by Gasteiger charge is -2.08. The molecule has 2 aromatic rings. The third kappa shape index (κ3) is 7.59. The number of ether oxygens (including phenoxy) is 2. The van der Waals surface area contributed by atoms with E-state index in [1.807, 2.05) is 0 Å². The van der Waals surface area contributed by atoms with Crippen LogP contribution in [0.4, 0.5) is 23.2 Å². The molecule has 0 aliphatic heterocycles. The molecular formula is C18H13F4NO4. The van der Waals surface area contributed by atoms with Crippen LogP contribution in [0.3, 0.4) is 0 Å². The molecule has 0 unspecified atom stereocenters. The second kappa shape index (κ2) is 8.84. The van der Waals surface area contributed by atoms with Gasteiger partial charge in [-0.15, -0.1) is 13.2 Å². The second-order valence-electron chi connectivity index (χ2n) is 5.11. The average Bonchev–Trinajstić information content (AvgIpc) is 2.60. The van der Waals surface area contributed by atoms with E-state index >= 15 is 0 Å². The van der Waals surface area contributed by atoms with Crippen LogP contribution in [0.2, 0.25) is 0 Å². The van der Waals surface area contributed by atoms with Gasteiger partial charge in [-0.25, -0.2) is 9.18 Å². The summed E-state index contributed by atoms with van der Waals surface area (Å²) in [4.78, 5) is 23.2. The van der Waals surface area contributed by atoms with Crippen molar-refractivity contribution in [2.24, 2.45) is 0 Å². The van der Waals surface area contributed by atoms with Crippen LogP contribution in [0.15, 0.2) is 54.6 Å². The number of hydrogen-bond acceptors (Lipinski definition) is 4. The van der Waals surface area contributed by atoms with Gasteiger partial charge in [-0.3, -0.25) is 4.79 Å². The van der Waals surface area contributed by atoms with Crippen LogP contribution < -0.4 is 10.1 Å². The second-order valence-corrected chi connectivity index (χ2v) is 5.11. The maximum Gasteiger partial charge on any atom is 0.573 e. The van der Waals surface area contributed by atoms with Gasteiger partial charge in [0.1, 0.15) is 11.6 Å². The summed E-state index contributed by atoms with van der Waals surface area (Å²) in [7, 11) is 0. The van der Waals surface area contributed by atoms with Crippen LogP contribution >= 0.6 is 0 Å². The molecule has 27 heavy (non-hydrogen) atoms. The molecule has 0 fully saturated rings. The number of carbonyl (C=O) groups excluding carboxylic acids is 2. The monoisotopic (exact) mass is 383 g/mol. The van der Waals surface area contributed by atoms with Crippen LogP contribution in [-0.4, -0.2) is 24.8 Å². The van der Waals surface area contributed by atoms with Crippen molar-refractivity contribution in [2.45, 2.75) is 6.36 Å². The maximum atomic E-state index is 12.8. The fraction of sp³-hybridized carbons (Fsp3) is 0.111. The predicted molar refractivity (Wildman–Crippen MR) is 88.1 cm³/mol. The van der Waals surface area contributed by atoms with E-state index in [9.17, 15) is 27.2 Å². The minimum Gasteiger partial charge on any atom is -0.452 e. The Morgan fingerprint density at radius 2 is 1.63 bits per heavy atom. The van der Waals surface area contributed by atoms with Gasteiger partial charge in [-0.1, -0.05) is 12.1 Å². The Hall–Kier alpha value is -3.36. The summed E-state index contributed by atoms with van der Waals surface area (Å²) in [6.07, 6.45) is -2.46. The zero-order valence-corrected chi connectivity index (χ0v) is 13.6. The van der Waals surface area contributed by atoms with Crippen molar-refractivity contribution >= 4 is 23.6 Å². The predicted octanol–water partition coefficient (Wildman–Crippen LogP) is 3.92. The van der Waals surface area contributed by atoms with Crippen LogP contribution in [0.5, 0.6) is 5.75 Å². The number of esters is 1. The van der Waals surface area contributed by atoms with Gasteiger partial charge in [0, 0.05) is 11.8 Å². The molecule has 2 rings (SSSR count). The van der Waals surface area contributed by atoms with Crippen LogP contribution in [0.1, 0.15) is 5.56 Å². The lowest BCUT2D eigenvalue weighted by Crippen LogP contribution is -2.20. The number of benzene rings is 2. The van der Waals surface area contributed by atoms with Crippen molar-refractivity contribution in [1.29, 1.82) is 0 Å². The number of halogens is 4. The Kier molecular flexibility index (Phi) is 6.53. The Morgan fingerprint density at radius 3 is 2.22 bits per heavy atom. The molecule has 1 amide bonds. The SMILES string of the molecule is O=C(COC(=O)/C=C/c1ccc(OC(F)(F)F)cc1)Nc1ccc(F)cc1. The fourth-order valence-corrected chi connectivity index (χ4v) is 1.86. The average molecular weight is 383 g/mol. The van der Waals surface area contributed by atoms with Gasteiger partial charge in [-0.05, 0) is 48.0 Å². The largest absolute Gasteiger partial charge is 0.573 e. The highest BCUT2D eigenvalue weighted by molar-refractivity contribution is 5.94. The van der Waals surface area contributed by atoms with Gasteiger partial charge in [-0.2, -0.15) is 0 Å². The van der Waals surface area contributed by atoms with E-state index in [0.29, 0.717) is 11.3 Å². The molecule has 0 radical (unpaired) electrons. The van der Waals surface area contributed by atoms with Gasteiger partial charge < -0.3 is 14.8 Å². The summed E-state index contributed by atoms with van der Waals surface area (Å²) in [6, 6.07) is 9.83. The van der Waals surface area contributed by atoms with Crippen molar-refractivity contribution in [3.8, 4) is 5.75 Å². The van der Waals surface area contributed by atoms with Crippen LogP contribution in [0.25, 0.3) is 6.08 Å². The molecule has 2 aromatic carbocycles. The quantitative estimate of drug-likeness (QED) is 0.467. The Morgan fingerprint density at radius 1 is 1.00 bits per heavy atom. The van der Waals surface area contributed by atoms with Crippen molar-refractivity contribution in [1.82, 2.24) is 0 Å². The first-order chi connectivity index (χ1) is 12.7. The van der Waals surface area contributed by atoms with E-state index in [-0.39, 0.29) is 5.75 Å². The van der Waals surface area contributed by atoms with Crippen LogP contribution in [0, 0.1) is 5.82 Å². The first-order valence-corrected chi connectivity index (χ1v) is 7.47. The number of rotatable bonds is 6. The zero-order chi connectivity index (χ0) is 19.9. The standard InChI is InChI=1S/C18H13F4NO4/c19-13-4-6-14(7-5-13)23-16(24)11-26-17(25)10-3-12-1-8-15(9-2-12)27-18(20,21)22/h1-10H,11H2,(H,23,24)/b10-3+. The smallest absolute Gasteiger partial charge is 0.452 e. The molecule has 9 heteroatoms. The lowest BCUT2D eigenvalue weighted by molar-refractivity contribution is -0.274. The summed E-state index contributed by atoms with van der Waals surface area (Å²) in [5, 5.41) is 2.41. The van der Waals surface area contributed by atoms with E-state index in [2.05, 4.69) is 10.1 Å². The molecule has 0 heterocycles. The highest BCUT2D eigenvalue weighted by Gasteiger charge is 2.30. The highest BCUT2D eigenvalue weighted by atomic mass is 19.4. The molecule has 1 N–H and O–H groups in total. The van der Waals surface area contributed by atoms with Crippen molar-refractivity contribution in [3.05, 3.63) is 66.0 Å². The molecule has 0 aliphatic carbocycles. The summed E-state index contributed by atoms with van der Waals surface area (Å²) >= 11 is 0. The zero-order valence-electron chi connectivity index (χ0n) is 13.6. The lowest BCUT2D eigenvalue weighted by atomic mass is 10.2. The molecule has 142 valence electrons. The van der Waals surface area contributed by atoms with Gasteiger partial charge in [0.05, 0.1) is 0 Å². The van der Waals surface area contributed by atoms with Gasteiger partial charge in [0.15, 0.2) is 6.61 Å². The van der Waals surface area contributed by atoms with E-state index < -0.39 is 30.7 Å². The van der Waals surface area contributed by atoms with E-state index in [1.54, 1.807) is 0 Å². The number of nitrogens with one attached hydrogen (secondary N) is 1. The normalized spacial score (nSPS) is 11.3. The third-order valence-electron chi connectivity index (χ3n) is 3.00. The Balaban J connectivity index is 1.79. The Labute approximate surface area is 151 Å².